The number of hydrogen-bond donors (Lipinski definition) is 3. The van der Waals surface area contributed by atoms with Gasteiger partial charge in [-0.05, 0) is 54.5 Å². The number of aromatic amines is 1. The van der Waals surface area contributed by atoms with Gasteiger partial charge >= 0.3 is 0 Å². The lowest BCUT2D eigenvalue weighted by Gasteiger charge is -2.11. The van der Waals surface area contributed by atoms with Crippen molar-refractivity contribution in [2.45, 2.75) is 17.1 Å². The first kappa shape index (κ1) is 17.7. The highest BCUT2D eigenvalue weighted by Gasteiger charge is 2.06. The van der Waals surface area contributed by atoms with Crippen molar-refractivity contribution in [3.8, 4) is 0 Å². The number of H-pyrrole nitrogens is 1. The van der Waals surface area contributed by atoms with Gasteiger partial charge in [0.15, 0.2) is 5.11 Å². The van der Waals surface area contributed by atoms with E-state index in [2.05, 4.69) is 27.8 Å². The number of thiocarbonyl (C=S) groups is 1. The third-order valence-electron chi connectivity index (χ3n) is 3.69. The predicted molar refractivity (Wildman–Crippen MR) is 105 cm³/mol. The Hall–Kier alpha value is -2.12. The van der Waals surface area contributed by atoms with Gasteiger partial charge in [-0.1, -0.05) is 30.0 Å². The van der Waals surface area contributed by atoms with E-state index in [-0.39, 0.29) is 0 Å². The smallest absolute Gasteiger partial charge is 0.288 e. The van der Waals surface area contributed by atoms with E-state index < -0.39 is 5.76 Å². The molecule has 130 valence electrons. The minimum atomic E-state index is -2.41. The molecule has 1 aromatic heterocycles. The van der Waals surface area contributed by atoms with Gasteiger partial charge in [-0.15, -0.1) is 0 Å². The van der Waals surface area contributed by atoms with Gasteiger partial charge in [-0.2, -0.15) is 8.78 Å². The minimum absolute atomic E-state index is 0.508. The van der Waals surface area contributed by atoms with Gasteiger partial charge in [0.2, 0.25) is 0 Å². The summed E-state index contributed by atoms with van der Waals surface area (Å²) in [6.07, 6.45) is 2.86. The van der Waals surface area contributed by atoms with Crippen LogP contribution in [0.3, 0.4) is 0 Å². The van der Waals surface area contributed by atoms with Gasteiger partial charge in [0.1, 0.15) is 0 Å². The second kappa shape index (κ2) is 8.31. The number of fused-ring (bicyclic) bond motifs is 1. The third kappa shape index (κ3) is 4.93. The number of thioether (sulfide) groups is 1. The van der Waals surface area contributed by atoms with Crippen molar-refractivity contribution in [2.24, 2.45) is 0 Å². The second-order valence-electron chi connectivity index (χ2n) is 5.39. The lowest BCUT2D eigenvalue weighted by Crippen LogP contribution is -2.30. The van der Waals surface area contributed by atoms with Crippen LogP contribution in [-0.2, 0) is 6.42 Å². The Morgan fingerprint density at radius 2 is 1.88 bits per heavy atom. The summed E-state index contributed by atoms with van der Waals surface area (Å²) in [6.45, 7) is 0.701. The Bertz CT molecular complexity index is 847. The van der Waals surface area contributed by atoms with E-state index in [0.717, 1.165) is 17.6 Å². The predicted octanol–water partition coefficient (Wildman–Crippen LogP) is 5.01. The van der Waals surface area contributed by atoms with Gasteiger partial charge in [0.05, 0.1) is 0 Å². The van der Waals surface area contributed by atoms with E-state index >= 15 is 0 Å². The Morgan fingerprint density at radius 1 is 1.12 bits per heavy atom. The monoisotopic (exact) mass is 377 g/mol. The van der Waals surface area contributed by atoms with E-state index in [0.29, 0.717) is 28.3 Å². The van der Waals surface area contributed by atoms with Crippen molar-refractivity contribution in [1.29, 1.82) is 0 Å². The van der Waals surface area contributed by atoms with Crippen molar-refractivity contribution in [2.75, 3.05) is 11.9 Å². The standard InChI is InChI=1S/C18H17F2N3S2/c19-17(20)25-14-7-5-13(6-8-14)23-18(24)21-10-9-12-11-22-16-4-2-1-3-15(12)16/h1-8,11,17,22H,9-10H2,(H2,21,23,24). The number of anilines is 1. The summed E-state index contributed by atoms with van der Waals surface area (Å²) >= 11 is 5.80. The first-order valence-electron chi connectivity index (χ1n) is 7.76. The minimum Gasteiger partial charge on any atom is -0.362 e. The average Bonchev–Trinajstić information content (AvgIpc) is 3.00. The van der Waals surface area contributed by atoms with Gasteiger partial charge in [0.25, 0.3) is 5.76 Å². The van der Waals surface area contributed by atoms with Crippen molar-refractivity contribution in [1.82, 2.24) is 10.3 Å². The molecule has 0 aliphatic rings. The summed E-state index contributed by atoms with van der Waals surface area (Å²) in [5, 5.41) is 7.94. The molecule has 0 saturated carbocycles. The zero-order valence-electron chi connectivity index (χ0n) is 13.3. The molecule has 0 aliphatic carbocycles. The van der Waals surface area contributed by atoms with Crippen LogP contribution in [0.2, 0.25) is 0 Å². The quantitative estimate of drug-likeness (QED) is 0.417. The molecule has 1 heterocycles. The molecule has 0 aliphatic heterocycles. The highest BCUT2D eigenvalue weighted by Crippen LogP contribution is 2.26. The number of nitrogens with one attached hydrogen (secondary N) is 3. The molecule has 0 saturated heterocycles. The van der Waals surface area contributed by atoms with Crippen molar-refractivity contribution in [3.63, 3.8) is 0 Å². The highest BCUT2D eigenvalue weighted by molar-refractivity contribution is 7.99. The highest BCUT2D eigenvalue weighted by atomic mass is 32.2. The number of alkyl halides is 2. The third-order valence-corrected chi connectivity index (χ3v) is 4.66. The Kier molecular flexibility index (Phi) is 5.88. The summed E-state index contributed by atoms with van der Waals surface area (Å²) in [5.41, 5.74) is 3.13. The van der Waals surface area contributed by atoms with E-state index in [4.69, 9.17) is 12.2 Å². The molecule has 0 bridgehead atoms. The van der Waals surface area contributed by atoms with Crippen LogP contribution in [0.25, 0.3) is 10.9 Å². The van der Waals surface area contributed by atoms with E-state index in [1.54, 1.807) is 24.3 Å². The summed E-state index contributed by atoms with van der Waals surface area (Å²) in [4.78, 5) is 3.78. The van der Waals surface area contributed by atoms with Gasteiger partial charge in [-0.3, -0.25) is 0 Å². The van der Waals surface area contributed by atoms with Crippen molar-refractivity contribution < 1.29 is 8.78 Å². The molecule has 3 N–H and O–H groups in total. The van der Waals surface area contributed by atoms with E-state index in [1.165, 1.54) is 10.9 Å². The van der Waals surface area contributed by atoms with E-state index in [1.807, 2.05) is 18.3 Å². The SMILES string of the molecule is FC(F)Sc1ccc(NC(=S)NCCc2c[nH]c3ccccc23)cc1. The number of para-hydroxylation sites is 1. The molecule has 2 aromatic carbocycles. The Morgan fingerprint density at radius 3 is 2.64 bits per heavy atom. The maximum atomic E-state index is 12.3. The molecule has 0 amide bonds. The van der Waals surface area contributed by atoms with E-state index in [9.17, 15) is 8.78 Å². The number of rotatable bonds is 6. The lowest BCUT2D eigenvalue weighted by molar-refractivity contribution is 0.252. The lowest BCUT2D eigenvalue weighted by atomic mass is 10.1. The van der Waals surface area contributed by atoms with Crippen molar-refractivity contribution in [3.05, 3.63) is 60.3 Å². The Balaban J connectivity index is 1.48. The zero-order chi connectivity index (χ0) is 17.6. The van der Waals surface area contributed by atoms with Crippen LogP contribution < -0.4 is 10.6 Å². The van der Waals surface area contributed by atoms with Crippen LogP contribution in [0.1, 0.15) is 5.56 Å². The maximum absolute atomic E-state index is 12.3. The summed E-state index contributed by atoms with van der Waals surface area (Å²) in [6, 6.07) is 14.9. The fourth-order valence-corrected chi connectivity index (χ4v) is 3.26. The maximum Gasteiger partial charge on any atom is 0.288 e. The van der Waals surface area contributed by atoms with Gasteiger partial charge in [0, 0.05) is 34.2 Å². The summed E-state index contributed by atoms with van der Waals surface area (Å²) < 4.78 is 24.6. The number of aromatic nitrogens is 1. The first-order valence-corrected chi connectivity index (χ1v) is 9.05. The fourth-order valence-electron chi connectivity index (χ4n) is 2.54. The molecular formula is C18H17F2N3S2. The molecule has 0 unspecified atom stereocenters. The van der Waals surface area contributed by atoms with Crippen LogP contribution in [0.5, 0.6) is 0 Å². The summed E-state index contributed by atoms with van der Waals surface area (Å²) in [5.74, 6) is -2.41. The average molecular weight is 377 g/mol. The second-order valence-corrected chi connectivity index (χ2v) is 6.86. The number of hydrogen-bond acceptors (Lipinski definition) is 2. The molecule has 3 aromatic rings. The molecule has 25 heavy (non-hydrogen) atoms. The molecular weight excluding hydrogens is 360 g/mol. The first-order chi connectivity index (χ1) is 12.1. The number of benzene rings is 2. The van der Waals surface area contributed by atoms with Crippen molar-refractivity contribution >= 4 is 45.7 Å². The summed E-state index contributed by atoms with van der Waals surface area (Å²) in [7, 11) is 0. The molecule has 0 atom stereocenters. The van der Waals surface area contributed by atoms with Crippen LogP contribution in [-0.4, -0.2) is 22.4 Å². The van der Waals surface area contributed by atoms with Crippen LogP contribution >= 0.6 is 24.0 Å². The molecule has 0 radical (unpaired) electrons. The topological polar surface area (TPSA) is 39.8 Å². The fraction of sp³-hybridized carbons (Fsp3) is 0.167. The molecule has 3 nitrogen and oxygen atoms in total. The zero-order valence-corrected chi connectivity index (χ0v) is 14.9. The molecule has 0 fully saturated rings. The van der Waals surface area contributed by atoms with Gasteiger partial charge in [-0.25, -0.2) is 0 Å². The largest absolute Gasteiger partial charge is 0.362 e. The Labute approximate surface area is 154 Å². The normalized spacial score (nSPS) is 11.0. The van der Waals surface area contributed by atoms with Crippen LogP contribution in [0, 0.1) is 0 Å². The number of halogens is 2. The van der Waals surface area contributed by atoms with Gasteiger partial charge < -0.3 is 15.6 Å². The van der Waals surface area contributed by atoms with Crippen LogP contribution in [0.15, 0.2) is 59.6 Å². The molecule has 7 heteroatoms. The molecule has 3 rings (SSSR count). The van der Waals surface area contributed by atoms with Crippen LogP contribution in [0.4, 0.5) is 14.5 Å². The molecule has 0 spiro atoms.